The van der Waals surface area contributed by atoms with Crippen LogP contribution in [0.2, 0.25) is 0 Å². The molecule has 0 saturated carbocycles. The highest BCUT2D eigenvalue weighted by Gasteiger charge is 2.34. The maximum absolute atomic E-state index is 13.8. The number of aryl methyl sites for hydroxylation is 2. The highest BCUT2D eigenvalue weighted by Crippen LogP contribution is 2.36. The fourth-order valence-corrected chi connectivity index (χ4v) is 3.97. The smallest absolute Gasteiger partial charge is 0.275 e. The van der Waals surface area contributed by atoms with Crippen molar-refractivity contribution in [2.24, 2.45) is 14.1 Å². The first-order valence-corrected chi connectivity index (χ1v) is 9.32. The summed E-state index contributed by atoms with van der Waals surface area (Å²) in [5, 5.41) is 8.69. The van der Waals surface area contributed by atoms with E-state index in [4.69, 9.17) is 4.74 Å². The summed E-state index contributed by atoms with van der Waals surface area (Å²) in [6.45, 7) is 2.20. The van der Waals surface area contributed by atoms with Crippen LogP contribution in [0.4, 0.5) is 13.2 Å². The van der Waals surface area contributed by atoms with E-state index in [-0.39, 0.29) is 23.2 Å². The molecule has 1 aromatic carbocycles. The number of fused-ring (bicyclic) bond motifs is 1. The lowest BCUT2D eigenvalue weighted by Crippen LogP contribution is -2.39. The van der Waals surface area contributed by atoms with Gasteiger partial charge in [0.15, 0.2) is 23.1 Å². The molecule has 0 fully saturated rings. The number of benzene rings is 1. The van der Waals surface area contributed by atoms with E-state index < -0.39 is 17.5 Å². The molecule has 0 aliphatic carbocycles. The second kappa shape index (κ2) is 7.19. The van der Waals surface area contributed by atoms with Crippen LogP contribution in [0.1, 0.15) is 34.7 Å². The van der Waals surface area contributed by atoms with Crippen LogP contribution in [0.25, 0.3) is 11.3 Å². The second-order valence-corrected chi connectivity index (χ2v) is 7.21. The summed E-state index contributed by atoms with van der Waals surface area (Å²) in [6, 6.07) is 3.10. The van der Waals surface area contributed by atoms with Crippen LogP contribution >= 0.6 is 0 Å². The molecule has 1 unspecified atom stereocenters. The topological polar surface area (TPSA) is 65.2 Å². The largest absolute Gasteiger partial charge is 0.481 e. The lowest BCUT2D eigenvalue weighted by Gasteiger charge is -2.32. The van der Waals surface area contributed by atoms with E-state index in [1.54, 1.807) is 25.1 Å². The summed E-state index contributed by atoms with van der Waals surface area (Å²) in [4.78, 5) is 14.7. The van der Waals surface area contributed by atoms with Crippen LogP contribution in [-0.2, 0) is 20.5 Å². The SMILES string of the molecule is COc1cc(C(=O)N2CCc3c(nn(C)c3-c3cc(F)c(F)c(F)c3)C2C)nn1C. The van der Waals surface area contributed by atoms with Crippen molar-refractivity contribution in [3.8, 4) is 17.1 Å². The first kappa shape index (κ1) is 20.0. The zero-order chi connectivity index (χ0) is 21.7. The van der Waals surface area contributed by atoms with Gasteiger partial charge in [-0.3, -0.25) is 9.48 Å². The number of hydrogen-bond donors (Lipinski definition) is 0. The van der Waals surface area contributed by atoms with E-state index in [1.165, 1.54) is 16.5 Å². The Bertz CT molecular complexity index is 1130. The number of carbonyl (C=O) groups excluding carboxylic acids is 1. The van der Waals surface area contributed by atoms with Gasteiger partial charge in [-0.25, -0.2) is 17.9 Å². The second-order valence-electron chi connectivity index (χ2n) is 7.21. The summed E-state index contributed by atoms with van der Waals surface area (Å²) in [6.07, 6.45) is 0.430. The molecule has 30 heavy (non-hydrogen) atoms. The lowest BCUT2D eigenvalue weighted by molar-refractivity contribution is 0.0666. The Balaban J connectivity index is 1.70. The predicted octanol–water partition coefficient (Wildman–Crippen LogP) is 3.01. The molecule has 3 aromatic rings. The fourth-order valence-electron chi connectivity index (χ4n) is 3.97. The predicted molar refractivity (Wildman–Crippen MR) is 101 cm³/mol. The van der Waals surface area contributed by atoms with Crippen molar-refractivity contribution in [2.75, 3.05) is 13.7 Å². The molecule has 10 heteroatoms. The zero-order valence-electron chi connectivity index (χ0n) is 16.9. The third-order valence-electron chi connectivity index (χ3n) is 5.43. The van der Waals surface area contributed by atoms with Crippen LogP contribution in [-0.4, -0.2) is 44.0 Å². The molecular formula is C20H20F3N5O2. The van der Waals surface area contributed by atoms with Gasteiger partial charge in [-0.15, -0.1) is 0 Å². The minimum Gasteiger partial charge on any atom is -0.481 e. The first-order chi connectivity index (χ1) is 14.2. The Morgan fingerprint density at radius 3 is 2.37 bits per heavy atom. The summed E-state index contributed by atoms with van der Waals surface area (Å²) < 4.78 is 49.1. The molecule has 7 nitrogen and oxygen atoms in total. The van der Waals surface area contributed by atoms with Crippen LogP contribution < -0.4 is 4.74 Å². The average Bonchev–Trinajstić information content (AvgIpc) is 3.25. The van der Waals surface area contributed by atoms with Gasteiger partial charge in [0.1, 0.15) is 0 Å². The number of aromatic nitrogens is 4. The normalized spacial score (nSPS) is 16.0. The van der Waals surface area contributed by atoms with Gasteiger partial charge >= 0.3 is 0 Å². The van der Waals surface area contributed by atoms with Crippen molar-refractivity contribution in [3.05, 3.63) is 52.6 Å². The van der Waals surface area contributed by atoms with E-state index >= 15 is 0 Å². The van der Waals surface area contributed by atoms with Crippen LogP contribution in [0.3, 0.4) is 0 Å². The van der Waals surface area contributed by atoms with Crippen molar-refractivity contribution >= 4 is 5.91 Å². The van der Waals surface area contributed by atoms with E-state index in [0.29, 0.717) is 30.2 Å². The van der Waals surface area contributed by atoms with Gasteiger partial charge < -0.3 is 9.64 Å². The van der Waals surface area contributed by atoms with Crippen molar-refractivity contribution in [1.29, 1.82) is 0 Å². The Morgan fingerprint density at radius 2 is 1.77 bits per heavy atom. The molecule has 1 amide bonds. The average molecular weight is 419 g/mol. The number of nitrogens with zero attached hydrogens (tertiary/aromatic N) is 5. The molecule has 0 saturated heterocycles. The molecule has 3 heterocycles. The van der Waals surface area contributed by atoms with Crippen molar-refractivity contribution < 1.29 is 22.7 Å². The van der Waals surface area contributed by atoms with Crippen LogP contribution in [0, 0.1) is 17.5 Å². The molecule has 1 aliphatic rings. The fraction of sp³-hybridized carbons (Fsp3) is 0.350. The van der Waals surface area contributed by atoms with Gasteiger partial charge in [-0.2, -0.15) is 10.2 Å². The van der Waals surface area contributed by atoms with Crippen molar-refractivity contribution in [1.82, 2.24) is 24.5 Å². The van der Waals surface area contributed by atoms with E-state index in [0.717, 1.165) is 17.7 Å². The summed E-state index contributed by atoms with van der Waals surface area (Å²) in [7, 11) is 4.83. The standard InChI is InChI=1S/C20H20F3N5O2/c1-10-18-12(5-6-28(10)20(29)15-9-16(30-4)26(2)24-15)19(27(3)25-18)11-7-13(21)17(23)14(22)8-11/h7-10H,5-6H2,1-4H3. The molecule has 1 atom stereocenters. The zero-order valence-corrected chi connectivity index (χ0v) is 16.9. The highest BCUT2D eigenvalue weighted by atomic mass is 19.2. The number of amides is 1. The lowest BCUT2D eigenvalue weighted by atomic mass is 9.95. The molecular weight excluding hydrogens is 399 g/mol. The summed E-state index contributed by atoms with van der Waals surface area (Å²) in [5.41, 5.74) is 2.35. The van der Waals surface area contributed by atoms with E-state index in [2.05, 4.69) is 10.2 Å². The van der Waals surface area contributed by atoms with Gasteiger partial charge in [0.2, 0.25) is 5.88 Å². The number of methoxy groups -OCH3 is 1. The van der Waals surface area contributed by atoms with E-state index in [9.17, 15) is 18.0 Å². The van der Waals surface area contributed by atoms with Gasteiger partial charge in [-0.05, 0) is 25.5 Å². The summed E-state index contributed by atoms with van der Waals surface area (Å²) >= 11 is 0. The van der Waals surface area contributed by atoms with Crippen molar-refractivity contribution in [3.63, 3.8) is 0 Å². The maximum Gasteiger partial charge on any atom is 0.275 e. The number of carbonyl (C=O) groups is 1. The Labute approximate surface area is 170 Å². The van der Waals surface area contributed by atoms with Gasteiger partial charge in [-0.1, -0.05) is 0 Å². The minimum absolute atomic E-state index is 0.198. The molecule has 2 aromatic heterocycles. The number of rotatable bonds is 3. The monoisotopic (exact) mass is 419 g/mol. The van der Waals surface area contributed by atoms with Gasteiger partial charge in [0.05, 0.1) is 24.5 Å². The molecule has 4 rings (SSSR count). The Morgan fingerprint density at radius 1 is 1.10 bits per heavy atom. The summed E-state index contributed by atoms with van der Waals surface area (Å²) in [5.74, 6) is -3.83. The number of halogens is 3. The number of ether oxygens (including phenoxy) is 1. The highest BCUT2D eigenvalue weighted by molar-refractivity contribution is 5.93. The Hall–Kier alpha value is -3.30. The third-order valence-corrected chi connectivity index (χ3v) is 5.43. The first-order valence-electron chi connectivity index (χ1n) is 9.32. The van der Waals surface area contributed by atoms with Gasteiger partial charge in [0.25, 0.3) is 5.91 Å². The van der Waals surface area contributed by atoms with E-state index in [1.807, 2.05) is 6.92 Å². The molecule has 0 spiro atoms. The van der Waals surface area contributed by atoms with Crippen LogP contribution in [0.15, 0.2) is 18.2 Å². The number of hydrogen-bond acceptors (Lipinski definition) is 4. The molecule has 0 N–H and O–H groups in total. The Kier molecular flexibility index (Phi) is 4.79. The molecule has 0 radical (unpaired) electrons. The van der Waals surface area contributed by atoms with Crippen LogP contribution in [0.5, 0.6) is 5.88 Å². The molecule has 1 aliphatic heterocycles. The van der Waals surface area contributed by atoms with Gasteiger partial charge in [0, 0.05) is 37.8 Å². The quantitative estimate of drug-likeness (QED) is 0.613. The molecule has 158 valence electrons. The minimum atomic E-state index is -1.51. The molecule has 0 bridgehead atoms. The maximum atomic E-state index is 13.8. The van der Waals surface area contributed by atoms with Crippen molar-refractivity contribution in [2.45, 2.75) is 19.4 Å². The third kappa shape index (κ3) is 3.03.